The molecule has 1 aliphatic rings. The molecule has 1 amide bonds. The van der Waals surface area contributed by atoms with Crippen molar-refractivity contribution in [2.24, 2.45) is 11.1 Å². The molecule has 1 aromatic rings. The highest BCUT2D eigenvalue weighted by molar-refractivity contribution is 5.77. The van der Waals surface area contributed by atoms with Gasteiger partial charge in [-0.3, -0.25) is 4.79 Å². The molecule has 0 heterocycles. The van der Waals surface area contributed by atoms with Crippen molar-refractivity contribution in [2.75, 3.05) is 6.54 Å². The summed E-state index contributed by atoms with van der Waals surface area (Å²) < 4.78 is 0. The number of benzene rings is 1. The fourth-order valence-electron chi connectivity index (χ4n) is 2.82. The molecule has 0 bridgehead atoms. The molecule has 1 atom stereocenters. The predicted molar refractivity (Wildman–Crippen MR) is 77.6 cm³/mol. The van der Waals surface area contributed by atoms with Crippen molar-refractivity contribution in [1.29, 1.82) is 0 Å². The van der Waals surface area contributed by atoms with Crippen molar-refractivity contribution in [2.45, 2.75) is 45.1 Å². The summed E-state index contributed by atoms with van der Waals surface area (Å²) in [5, 5.41) is 3.15. The Kier molecular flexibility index (Phi) is 4.59. The van der Waals surface area contributed by atoms with E-state index in [1.54, 1.807) is 0 Å². The van der Waals surface area contributed by atoms with Crippen molar-refractivity contribution in [3.05, 3.63) is 35.9 Å². The van der Waals surface area contributed by atoms with Crippen LogP contribution in [-0.4, -0.2) is 12.5 Å². The standard InChI is InChI=1S/C16H24N2O/c1-2-14(13-7-4-3-5-8-13)18-15(19)11-16(12-17)9-6-10-16/h3-5,7-8,14H,2,6,9-12,17H2,1H3,(H,18,19). The summed E-state index contributed by atoms with van der Waals surface area (Å²) in [6.07, 6.45) is 4.89. The lowest BCUT2D eigenvalue weighted by atomic mass is 9.66. The van der Waals surface area contributed by atoms with Crippen molar-refractivity contribution in [3.8, 4) is 0 Å². The summed E-state index contributed by atoms with van der Waals surface area (Å²) in [5.74, 6) is 0.140. The van der Waals surface area contributed by atoms with E-state index >= 15 is 0 Å². The molecular formula is C16H24N2O. The number of carbonyl (C=O) groups excluding carboxylic acids is 1. The predicted octanol–water partition coefficient (Wildman–Crippen LogP) is 2.77. The fourth-order valence-corrected chi connectivity index (χ4v) is 2.82. The highest BCUT2D eigenvalue weighted by Crippen LogP contribution is 2.42. The molecule has 1 unspecified atom stereocenters. The molecule has 0 radical (unpaired) electrons. The minimum Gasteiger partial charge on any atom is -0.349 e. The maximum atomic E-state index is 12.2. The number of hydrogen-bond donors (Lipinski definition) is 2. The number of rotatable bonds is 6. The van der Waals surface area contributed by atoms with Crippen LogP contribution in [0.5, 0.6) is 0 Å². The molecule has 3 N–H and O–H groups in total. The zero-order valence-corrected chi connectivity index (χ0v) is 11.7. The van der Waals surface area contributed by atoms with E-state index in [2.05, 4.69) is 24.4 Å². The fraction of sp³-hybridized carbons (Fsp3) is 0.562. The minimum atomic E-state index is 0.0824. The topological polar surface area (TPSA) is 55.1 Å². The number of nitrogens with one attached hydrogen (secondary N) is 1. The van der Waals surface area contributed by atoms with Gasteiger partial charge in [0.2, 0.25) is 5.91 Å². The molecule has 1 aliphatic carbocycles. The zero-order valence-electron chi connectivity index (χ0n) is 11.7. The van der Waals surface area contributed by atoms with E-state index in [-0.39, 0.29) is 17.4 Å². The third-order valence-corrected chi connectivity index (χ3v) is 4.33. The van der Waals surface area contributed by atoms with Crippen LogP contribution in [0.2, 0.25) is 0 Å². The summed E-state index contributed by atoms with van der Waals surface area (Å²) in [6, 6.07) is 10.3. The highest BCUT2D eigenvalue weighted by Gasteiger charge is 2.37. The number of nitrogens with two attached hydrogens (primary N) is 1. The molecule has 1 saturated carbocycles. The van der Waals surface area contributed by atoms with Crippen LogP contribution in [0.4, 0.5) is 0 Å². The quantitative estimate of drug-likeness (QED) is 0.826. The van der Waals surface area contributed by atoms with E-state index in [9.17, 15) is 4.79 Å². The zero-order chi connectivity index (χ0) is 13.7. The Morgan fingerprint density at radius 1 is 1.37 bits per heavy atom. The number of amides is 1. The van der Waals surface area contributed by atoms with Gasteiger partial charge in [0.05, 0.1) is 6.04 Å². The highest BCUT2D eigenvalue weighted by atomic mass is 16.1. The Balaban J connectivity index is 1.93. The first-order chi connectivity index (χ1) is 9.19. The van der Waals surface area contributed by atoms with E-state index in [4.69, 9.17) is 5.73 Å². The molecule has 1 fully saturated rings. The van der Waals surface area contributed by atoms with Gasteiger partial charge in [0.25, 0.3) is 0 Å². The Hall–Kier alpha value is -1.35. The summed E-state index contributed by atoms with van der Waals surface area (Å²) in [5.41, 5.74) is 7.07. The van der Waals surface area contributed by atoms with E-state index in [1.807, 2.05) is 18.2 Å². The van der Waals surface area contributed by atoms with E-state index in [0.717, 1.165) is 19.3 Å². The van der Waals surface area contributed by atoms with Gasteiger partial charge in [0.1, 0.15) is 0 Å². The molecule has 0 aromatic heterocycles. The maximum Gasteiger partial charge on any atom is 0.221 e. The van der Waals surface area contributed by atoms with Gasteiger partial charge in [0.15, 0.2) is 0 Å². The molecule has 3 heteroatoms. The van der Waals surface area contributed by atoms with Crippen LogP contribution in [0.15, 0.2) is 30.3 Å². The lowest BCUT2D eigenvalue weighted by Gasteiger charge is -2.40. The van der Waals surface area contributed by atoms with Crippen LogP contribution in [0, 0.1) is 5.41 Å². The van der Waals surface area contributed by atoms with Gasteiger partial charge in [-0.2, -0.15) is 0 Å². The summed E-state index contributed by atoms with van der Waals surface area (Å²) >= 11 is 0. The Morgan fingerprint density at radius 3 is 2.53 bits per heavy atom. The van der Waals surface area contributed by atoms with Crippen LogP contribution in [0.25, 0.3) is 0 Å². The van der Waals surface area contributed by atoms with Crippen molar-refractivity contribution < 1.29 is 4.79 Å². The van der Waals surface area contributed by atoms with E-state index in [0.29, 0.717) is 13.0 Å². The first kappa shape index (κ1) is 14.1. The average Bonchev–Trinajstić information content (AvgIpc) is 2.41. The van der Waals surface area contributed by atoms with Gasteiger partial charge in [-0.1, -0.05) is 43.7 Å². The molecule has 0 saturated heterocycles. The van der Waals surface area contributed by atoms with Crippen LogP contribution in [0.1, 0.15) is 50.6 Å². The second-order valence-electron chi connectivity index (χ2n) is 5.67. The average molecular weight is 260 g/mol. The summed E-state index contributed by atoms with van der Waals surface area (Å²) in [6.45, 7) is 2.72. The van der Waals surface area contributed by atoms with Crippen LogP contribution < -0.4 is 11.1 Å². The number of hydrogen-bond acceptors (Lipinski definition) is 2. The van der Waals surface area contributed by atoms with Gasteiger partial charge >= 0.3 is 0 Å². The maximum absolute atomic E-state index is 12.2. The van der Waals surface area contributed by atoms with Gasteiger partial charge in [-0.15, -0.1) is 0 Å². The van der Waals surface area contributed by atoms with Crippen LogP contribution in [-0.2, 0) is 4.79 Å². The first-order valence-corrected chi connectivity index (χ1v) is 7.23. The smallest absolute Gasteiger partial charge is 0.221 e. The molecule has 3 nitrogen and oxygen atoms in total. The van der Waals surface area contributed by atoms with Crippen molar-refractivity contribution >= 4 is 5.91 Å². The van der Waals surface area contributed by atoms with E-state index in [1.165, 1.54) is 12.0 Å². The van der Waals surface area contributed by atoms with Crippen LogP contribution in [0.3, 0.4) is 0 Å². The number of carbonyl (C=O) groups is 1. The minimum absolute atomic E-state index is 0.0824. The van der Waals surface area contributed by atoms with Gasteiger partial charge in [-0.25, -0.2) is 0 Å². The lowest BCUT2D eigenvalue weighted by molar-refractivity contribution is -0.125. The normalized spacial score (nSPS) is 18.4. The van der Waals surface area contributed by atoms with Crippen LogP contribution >= 0.6 is 0 Å². The van der Waals surface area contributed by atoms with Gasteiger partial charge in [0, 0.05) is 6.42 Å². The lowest BCUT2D eigenvalue weighted by Crippen LogP contribution is -2.42. The van der Waals surface area contributed by atoms with Gasteiger partial charge in [-0.05, 0) is 36.8 Å². The largest absolute Gasteiger partial charge is 0.349 e. The monoisotopic (exact) mass is 260 g/mol. The summed E-state index contributed by atoms with van der Waals surface area (Å²) in [4.78, 5) is 12.2. The molecule has 0 aliphatic heterocycles. The van der Waals surface area contributed by atoms with Crippen molar-refractivity contribution in [3.63, 3.8) is 0 Å². The summed E-state index contributed by atoms with van der Waals surface area (Å²) in [7, 11) is 0. The van der Waals surface area contributed by atoms with Gasteiger partial charge < -0.3 is 11.1 Å². The molecule has 0 spiro atoms. The third-order valence-electron chi connectivity index (χ3n) is 4.33. The molecular weight excluding hydrogens is 236 g/mol. The Labute approximate surface area is 115 Å². The first-order valence-electron chi connectivity index (χ1n) is 7.23. The molecule has 104 valence electrons. The molecule has 1 aromatic carbocycles. The second-order valence-corrected chi connectivity index (χ2v) is 5.67. The molecule has 2 rings (SSSR count). The SMILES string of the molecule is CCC(NC(=O)CC1(CN)CCC1)c1ccccc1. The molecule has 19 heavy (non-hydrogen) atoms. The Morgan fingerprint density at radius 2 is 2.05 bits per heavy atom. The second kappa shape index (κ2) is 6.20. The Bertz CT molecular complexity index is 407. The third kappa shape index (κ3) is 3.35. The van der Waals surface area contributed by atoms with E-state index < -0.39 is 0 Å². The van der Waals surface area contributed by atoms with Crippen molar-refractivity contribution in [1.82, 2.24) is 5.32 Å².